The van der Waals surface area contributed by atoms with Crippen LogP contribution in [0, 0.1) is 23.7 Å². The Morgan fingerprint density at radius 2 is 1.53 bits per heavy atom. The minimum atomic E-state index is 0.199. The van der Waals surface area contributed by atoms with Crippen LogP contribution in [-0.4, -0.2) is 11.8 Å². The maximum Gasteiger partial charge on any atom is 0.140 e. The van der Waals surface area contributed by atoms with Crippen LogP contribution in [0.3, 0.4) is 0 Å². The second kappa shape index (κ2) is 4.72. The van der Waals surface area contributed by atoms with Crippen LogP contribution < -0.4 is 5.73 Å². The Morgan fingerprint density at radius 1 is 0.882 bits per heavy atom. The lowest BCUT2D eigenvalue weighted by Crippen LogP contribution is -2.42. The van der Waals surface area contributed by atoms with Crippen molar-refractivity contribution in [2.24, 2.45) is 29.4 Å². The molecule has 0 aromatic rings. The first-order valence-electron chi connectivity index (χ1n) is 7.56. The van der Waals surface area contributed by atoms with Gasteiger partial charge in [-0.3, -0.25) is 4.79 Å². The van der Waals surface area contributed by atoms with Crippen LogP contribution in [0.25, 0.3) is 0 Å². The van der Waals surface area contributed by atoms with Crippen LogP contribution in [0.5, 0.6) is 0 Å². The fraction of sp³-hybridized carbons (Fsp3) is 0.933. The topological polar surface area (TPSA) is 43.1 Å². The van der Waals surface area contributed by atoms with Crippen molar-refractivity contribution in [3.8, 4) is 0 Å². The lowest BCUT2D eigenvalue weighted by molar-refractivity contribution is -0.129. The van der Waals surface area contributed by atoms with Gasteiger partial charge in [-0.1, -0.05) is 25.7 Å². The van der Waals surface area contributed by atoms with Crippen molar-refractivity contribution >= 4 is 5.78 Å². The number of Topliss-reactive ketones (excluding diaryl/α,β-unsaturated/α-hetero) is 1. The Labute approximate surface area is 104 Å². The first kappa shape index (κ1) is 11.7. The van der Waals surface area contributed by atoms with E-state index in [-0.39, 0.29) is 12.0 Å². The summed E-state index contributed by atoms with van der Waals surface area (Å²) in [6.45, 7) is 0. The van der Waals surface area contributed by atoms with Gasteiger partial charge in [0.25, 0.3) is 0 Å². The van der Waals surface area contributed by atoms with Crippen LogP contribution in [0.15, 0.2) is 0 Å². The SMILES string of the molecule is NC1C2CCC(C2)C1C(=O)C1CCCCCC1. The first-order chi connectivity index (χ1) is 8.27. The zero-order valence-electron chi connectivity index (χ0n) is 10.7. The Balaban J connectivity index is 1.69. The highest BCUT2D eigenvalue weighted by Gasteiger charge is 2.49. The molecule has 0 spiro atoms. The molecule has 17 heavy (non-hydrogen) atoms. The Kier molecular flexibility index (Phi) is 3.25. The zero-order chi connectivity index (χ0) is 11.8. The molecule has 2 nitrogen and oxygen atoms in total. The molecule has 0 amide bonds. The van der Waals surface area contributed by atoms with Gasteiger partial charge in [-0.05, 0) is 43.9 Å². The predicted octanol–water partition coefficient (Wildman–Crippen LogP) is 2.90. The maximum absolute atomic E-state index is 12.7. The third-order valence-corrected chi connectivity index (χ3v) is 5.57. The van der Waals surface area contributed by atoms with Crippen molar-refractivity contribution in [3.05, 3.63) is 0 Å². The molecule has 4 atom stereocenters. The van der Waals surface area contributed by atoms with Crippen molar-refractivity contribution in [1.29, 1.82) is 0 Å². The summed E-state index contributed by atoms with van der Waals surface area (Å²) in [4.78, 5) is 12.7. The highest BCUT2D eigenvalue weighted by molar-refractivity contribution is 5.85. The number of rotatable bonds is 2. The third-order valence-electron chi connectivity index (χ3n) is 5.57. The van der Waals surface area contributed by atoms with Gasteiger partial charge in [-0.15, -0.1) is 0 Å². The van der Waals surface area contributed by atoms with E-state index >= 15 is 0 Å². The molecule has 0 aromatic carbocycles. The van der Waals surface area contributed by atoms with Gasteiger partial charge in [0.1, 0.15) is 5.78 Å². The molecule has 3 fully saturated rings. The molecule has 0 aromatic heterocycles. The third kappa shape index (κ3) is 2.05. The van der Waals surface area contributed by atoms with E-state index in [9.17, 15) is 4.79 Å². The molecule has 96 valence electrons. The van der Waals surface area contributed by atoms with Gasteiger partial charge >= 0.3 is 0 Å². The molecule has 3 aliphatic rings. The number of carbonyl (C=O) groups excluding carboxylic acids is 1. The van der Waals surface area contributed by atoms with Crippen molar-refractivity contribution in [2.75, 3.05) is 0 Å². The summed E-state index contributed by atoms with van der Waals surface area (Å²) in [6, 6.07) is 0.199. The number of nitrogens with two attached hydrogens (primary N) is 1. The van der Waals surface area contributed by atoms with Gasteiger partial charge in [-0.25, -0.2) is 0 Å². The Bertz CT molecular complexity index is 291. The van der Waals surface area contributed by atoms with Crippen LogP contribution in [0.1, 0.15) is 57.8 Å². The van der Waals surface area contributed by atoms with E-state index in [0.717, 1.165) is 12.8 Å². The van der Waals surface area contributed by atoms with Gasteiger partial charge in [0.15, 0.2) is 0 Å². The van der Waals surface area contributed by atoms with E-state index < -0.39 is 0 Å². The minimum absolute atomic E-state index is 0.199. The molecule has 3 aliphatic carbocycles. The molecule has 0 aliphatic heterocycles. The van der Waals surface area contributed by atoms with Crippen LogP contribution in [-0.2, 0) is 4.79 Å². The molecule has 0 radical (unpaired) electrons. The normalized spacial score (nSPS) is 42.6. The first-order valence-corrected chi connectivity index (χ1v) is 7.56. The van der Waals surface area contributed by atoms with Crippen molar-refractivity contribution in [3.63, 3.8) is 0 Å². The number of fused-ring (bicyclic) bond motifs is 2. The lowest BCUT2D eigenvalue weighted by Gasteiger charge is -2.29. The number of carbonyl (C=O) groups is 1. The monoisotopic (exact) mass is 235 g/mol. The van der Waals surface area contributed by atoms with Crippen molar-refractivity contribution < 1.29 is 4.79 Å². The second-order valence-electron chi connectivity index (χ2n) is 6.53. The highest BCUT2D eigenvalue weighted by Crippen LogP contribution is 2.49. The van der Waals surface area contributed by atoms with Gasteiger partial charge in [0.2, 0.25) is 0 Å². The average Bonchev–Trinajstić information content (AvgIpc) is 2.79. The molecule has 2 bridgehead atoms. The van der Waals surface area contributed by atoms with E-state index in [2.05, 4.69) is 0 Å². The quantitative estimate of drug-likeness (QED) is 0.748. The lowest BCUT2D eigenvalue weighted by atomic mass is 9.76. The predicted molar refractivity (Wildman–Crippen MR) is 68.5 cm³/mol. The summed E-state index contributed by atoms with van der Waals surface area (Å²) in [5.41, 5.74) is 6.29. The van der Waals surface area contributed by atoms with E-state index in [4.69, 9.17) is 5.73 Å². The summed E-state index contributed by atoms with van der Waals surface area (Å²) in [5, 5.41) is 0. The fourth-order valence-corrected chi connectivity index (χ4v) is 4.59. The van der Waals surface area contributed by atoms with Crippen molar-refractivity contribution in [1.82, 2.24) is 0 Å². The van der Waals surface area contributed by atoms with E-state index in [0.29, 0.717) is 23.5 Å². The average molecular weight is 235 g/mol. The molecule has 4 unspecified atom stereocenters. The molecule has 2 N–H and O–H groups in total. The summed E-state index contributed by atoms with van der Waals surface area (Å²) < 4.78 is 0. The van der Waals surface area contributed by atoms with Crippen LogP contribution in [0.2, 0.25) is 0 Å². The Hall–Kier alpha value is -0.370. The summed E-state index contributed by atoms with van der Waals surface area (Å²) in [7, 11) is 0. The smallest absolute Gasteiger partial charge is 0.140 e. The Morgan fingerprint density at radius 3 is 2.12 bits per heavy atom. The molecule has 3 rings (SSSR count). The van der Waals surface area contributed by atoms with Gasteiger partial charge in [0.05, 0.1) is 0 Å². The van der Waals surface area contributed by atoms with Gasteiger partial charge in [0, 0.05) is 17.9 Å². The highest BCUT2D eigenvalue weighted by atomic mass is 16.1. The van der Waals surface area contributed by atoms with Gasteiger partial charge in [-0.2, -0.15) is 0 Å². The van der Waals surface area contributed by atoms with E-state index in [1.54, 1.807) is 0 Å². The summed E-state index contributed by atoms with van der Waals surface area (Å²) in [5.74, 6) is 2.45. The largest absolute Gasteiger partial charge is 0.327 e. The number of ketones is 1. The van der Waals surface area contributed by atoms with Crippen LogP contribution >= 0.6 is 0 Å². The number of hydrogen-bond donors (Lipinski definition) is 1. The molecule has 0 saturated heterocycles. The fourth-order valence-electron chi connectivity index (χ4n) is 4.59. The standard InChI is InChI=1S/C15H25NO/c16-14-12-8-7-11(9-12)13(14)15(17)10-5-3-1-2-4-6-10/h10-14H,1-9,16H2. The molecule has 0 heterocycles. The van der Waals surface area contributed by atoms with E-state index in [1.807, 2.05) is 0 Å². The molecular formula is C15H25NO. The summed E-state index contributed by atoms with van der Waals surface area (Å²) >= 11 is 0. The summed E-state index contributed by atoms with van der Waals surface area (Å²) in [6.07, 6.45) is 11.2. The van der Waals surface area contributed by atoms with Crippen molar-refractivity contribution in [2.45, 2.75) is 63.8 Å². The maximum atomic E-state index is 12.7. The number of hydrogen-bond acceptors (Lipinski definition) is 2. The van der Waals surface area contributed by atoms with Gasteiger partial charge < -0.3 is 5.73 Å². The molecular weight excluding hydrogens is 210 g/mol. The minimum Gasteiger partial charge on any atom is -0.327 e. The van der Waals surface area contributed by atoms with Crippen LogP contribution in [0.4, 0.5) is 0 Å². The zero-order valence-corrected chi connectivity index (χ0v) is 10.7. The molecule has 2 heteroatoms. The second-order valence-corrected chi connectivity index (χ2v) is 6.53. The molecule has 3 saturated carbocycles. The van der Waals surface area contributed by atoms with E-state index in [1.165, 1.54) is 44.9 Å².